The number of hydrogen-bond donors (Lipinski definition) is 1. The molecule has 0 bridgehead atoms. The van der Waals surface area contributed by atoms with E-state index in [0.717, 1.165) is 11.3 Å². The summed E-state index contributed by atoms with van der Waals surface area (Å²) in [6, 6.07) is 13.2. The summed E-state index contributed by atoms with van der Waals surface area (Å²) in [5.74, 6) is 0.578. The second-order valence-electron chi connectivity index (χ2n) is 5.47. The number of nitrogens with one attached hydrogen (secondary N) is 1. The molecule has 3 nitrogen and oxygen atoms in total. The van der Waals surface area contributed by atoms with Gasteiger partial charge in [0.2, 0.25) is 0 Å². The zero-order valence-electron chi connectivity index (χ0n) is 12.9. The van der Waals surface area contributed by atoms with Crippen LogP contribution in [-0.4, -0.2) is 12.0 Å². The summed E-state index contributed by atoms with van der Waals surface area (Å²) in [5, 5.41) is 2.94. The number of aryl methyl sites for hydroxylation is 2. The maximum Gasteiger partial charge on any atom is 0.255 e. The standard InChI is InChI=1S/C18H21NO2/c1-12(2)21-16-7-5-6-15(11-16)18(20)19-17-9-8-13(3)10-14(17)4/h5-12H,1-4H3,(H,19,20). The van der Waals surface area contributed by atoms with E-state index in [2.05, 4.69) is 5.32 Å². The second-order valence-corrected chi connectivity index (χ2v) is 5.47. The Hall–Kier alpha value is -2.29. The van der Waals surface area contributed by atoms with Crippen molar-refractivity contribution in [1.29, 1.82) is 0 Å². The van der Waals surface area contributed by atoms with Gasteiger partial charge in [0.1, 0.15) is 5.75 Å². The van der Waals surface area contributed by atoms with Crippen LogP contribution in [0, 0.1) is 13.8 Å². The first-order chi connectivity index (χ1) is 9.95. The quantitative estimate of drug-likeness (QED) is 0.906. The van der Waals surface area contributed by atoms with Gasteiger partial charge in [-0.05, 0) is 57.5 Å². The molecule has 0 heterocycles. The molecule has 0 aliphatic rings. The van der Waals surface area contributed by atoms with Gasteiger partial charge in [0, 0.05) is 11.3 Å². The van der Waals surface area contributed by atoms with Crippen molar-refractivity contribution in [1.82, 2.24) is 0 Å². The zero-order chi connectivity index (χ0) is 15.4. The van der Waals surface area contributed by atoms with Crippen LogP contribution >= 0.6 is 0 Å². The van der Waals surface area contributed by atoms with Crippen molar-refractivity contribution >= 4 is 11.6 Å². The Balaban J connectivity index is 2.16. The fourth-order valence-corrected chi connectivity index (χ4v) is 2.13. The summed E-state index contributed by atoms with van der Waals surface area (Å²) >= 11 is 0. The molecule has 0 aromatic heterocycles. The molecule has 0 atom stereocenters. The van der Waals surface area contributed by atoms with E-state index in [1.165, 1.54) is 5.56 Å². The molecular formula is C18H21NO2. The number of carbonyl (C=O) groups is 1. The number of hydrogen-bond acceptors (Lipinski definition) is 2. The van der Waals surface area contributed by atoms with Crippen LogP contribution in [-0.2, 0) is 0 Å². The van der Waals surface area contributed by atoms with Crippen LogP contribution in [0.15, 0.2) is 42.5 Å². The van der Waals surface area contributed by atoms with Crippen molar-refractivity contribution in [3.05, 3.63) is 59.2 Å². The van der Waals surface area contributed by atoms with Gasteiger partial charge in [-0.1, -0.05) is 23.8 Å². The fraction of sp³-hybridized carbons (Fsp3) is 0.278. The Bertz CT molecular complexity index is 647. The van der Waals surface area contributed by atoms with Gasteiger partial charge in [0.05, 0.1) is 6.10 Å². The summed E-state index contributed by atoms with van der Waals surface area (Å²) in [6.07, 6.45) is 0.0858. The molecule has 3 heteroatoms. The third kappa shape index (κ3) is 4.09. The molecule has 0 saturated carbocycles. The van der Waals surface area contributed by atoms with E-state index < -0.39 is 0 Å². The van der Waals surface area contributed by atoms with E-state index in [1.54, 1.807) is 12.1 Å². The van der Waals surface area contributed by atoms with Crippen LogP contribution in [0.3, 0.4) is 0 Å². The van der Waals surface area contributed by atoms with Gasteiger partial charge in [-0.25, -0.2) is 0 Å². The third-order valence-electron chi connectivity index (χ3n) is 3.10. The van der Waals surface area contributed by atoms with Gasteiger partial charge < -0.3 is 10.1 Å². The smallest absolute Gasteiger partial charge is 0.255 e. The van der Waals surface area contributed by atoms with E-state index in [0.29, 0.717) is 11.3 Å². The second kappa shape index (κ2) is 6.44. The van der Waals surface area contributed by atoms with Crippen molar-refractivity contribution in [2.24, 2.45) is 0 Å². The van der Waals surface area contributed by atoms with Crippen LogP contribution in [0.25, 0.3) is 0 Å². The Labute approximate surface area is 126 Å². The Kier molecular flexibility index (Phi) is 4.63. The SMILES string of the molecule is Cc1ccc(NC(=O)c2cccc(OC(C)C)c2)c(C)c1. The molecule has 0 aliphatic carbocycles. The van der Waals surface area contributed by atoms with E-state index >= 15 is 0 Å². The van der Waals surface area contributed by atoms with Gasteiger partial charge in [0.25, 0.3) is 5.91 Å². The van der Waals surface area contributed by atoms with Gasteiger partial charge in [0.15, 0.2) is 0 Å². The molecule has 1 N–H and O–H groups in total. The molecule has 0 saturated heterocycles. The molecule has 110 valence electrons. The van der Waals surface area contributed by atoms with Gasteiger partial charge in [-0.15, -0.1) is 0 Å². The highest BCUT2D eigenvalue weighted by Crippen LogP contribution is 2.19. The Morgan fingerprint density at radius 1 is 1.10 bits per heavy atom. The molecule has 1 amide bonds. The first-order valence-corrected chi connectivity index (χ1v) is 7.11. The molecule has 0 radical (unpaired) electrons. The number of ether oxygens (including phenoxy) is 1. The monoisotopic (exact) mass is 283 g/mol. The Morgan fingerprint density at radius 3 is 2.52 bits per heavy atom. The molecular weight excluding hydrogens is 262 g/mol. The normalized spacial score (nSPS) is 10.5. The lowest BCUT2D eigenvalue weighted by atomic mass is 10.1. The maximum absolute atomic E-state index is 12.3. The van der Waals surface area contributed by atoms with Crippen molar-refractivity contribution in [3.63, 3.8) is 0 Å². The first-order valence-electron chi connectivity index (χ1n) is 7.11. The van der Waals surface area contributed by atoms with Crippen LogP contribution in [0.1, 0.15) is 35.3 Å². The Morgan fingerprint density at radius 2 is 1.86 bits per heavy atom. The summed E-state index contributed by atoms with van der Waals surface area (Å²) in [4.78, 5) is 12.3. The minimum absolute atomic E-state index is 0.0858. The van der Waals surface area contributed by atoms with Gasteiger partial charge >= 0.3 is 0 Å². The number of anilines is 1. The lowest BCUT2D eigenvalue weighted by Crippen LogP contribution is -2.13. The maximum atomic E-state index is 12.3. The topological polar surface area (TPSA) is 38.3 Å². The fourth-order valence-electron chi connectivity index (χ4n) is 2.13. The average Bonchev–Trinajstić information content (AvgIpc) is 2.41. The van der Waals surface area contributed by atoms with Crippen molar-refractivity contribution in [2.75, 3.05) is 5.32 Å². The lowest BCUT2D eigenvalue weighted by Gasteiger charge is -2.12. The summed E-state index contributed by atoms with van der Waals surface area (Å²) in [7, 11) is 0. The molecule has 2 aromatic carbocycles. The molecule has 0 fully saturated rings. The zero-order valence-corrected chi connectivity index (χ0v) is 12.9. The molecule has 0 aliphatic heterocycles. The highest BCUT2D eigenvalue weighted by molar-refractivity contribution is 6.04. The van der Waals surface area contributed by atoms with E-state index in [4.69, 9.17) is 4.74 Å². The van der Waals surface area contributed by atoms with Crippen LogP contribution in [0.2, 0.25) is 0 Å². The largest absolute Gasteiger partial charge is 0.491 e. The molecule has 2 rings (SSSR count). The average molecular weight is 283 g/mol. The molecule has 0 unspecified atom stereocenters. The van der Waals surface area contributed by atoms with Crippen molar-refractivity contribution in [2.45, 2.75) is 33.8 Å². The summed E-state index contributed by atoms with van der Waals surface area (Å²) < 4.78 is 5.61. The minimum atomic E-state index is -0.129. The first kappa shape index (κ1) is 15.1. The number of rotatable bonds is 4. The molecule has 21 heavy (non-hydrogen) atoms. The summed E-state index contributed by atoms with van der Waals surface area (Å²) in [6.45, 7) is 7.94. The van der Waals surface area contributed by atoms with E-state index in [1.807, 2.05) is 58.0 Å². The van der Waals surface area contributed by atoms with Gasteiger partial charge in [-0.2, -0.15) is 0 Å². The lowest BCUT2D eigenvalue weighted by molar-refractivity contribution is 0.102. The number of benzene rings is 2. The number of carbonyl (C=O) groups excluding carboxylic acids is 1. The predicted octanol–water partition coefficient (Wildman–Crippen LogP) is 4.34. The molecule has 2 aromatic rings. The van der Waals surface area contributed by atoms with E-state index in [9.17, 15) is 4.79 Å². The summed E-state index contributed by atoms with van der Waals surface area (Å²) in [5.41, 5.74) is 3.66. The van der Waals surface area contributed by atoms with E-state index in [-0.39, 0.29) is 12.0 Å². The highest BCUT2D eigenvalue weighted by atomic mass is 16.5. The predicted molar refractivity (Wildman–Crippen MR) is 86.1 cm³/mol. The van der Waals surface area contributed by atoms with Crippen LogP contribution in [0.4, 0.5) is 5.69 Å². The van der Waals surface area contributed by atoms with Crippen molar-refractivity contribution in [3.8, 4) is 5.75 Å². The minimum Gasteiger partial charge on any atom is -0.491 e. The number of amides is 1. The third-order valence-corrected chi connectivity index (χ3v) is 3.10. The van der Waals surface area contributed by atoms with Crippen LogP contribution < -0.4 is 10.1 Å². The highest BCUT2D eigenvalue weighted by Gasteiger charge is 2.09. The van der Waals surface area contributed by atoms with Gasteiger partial charge in [-0.3, -0.25) is 4.79 Å². The molecule has 0 spiro atoms. The van der Waals surface area contributed by atoms with Crippen LogP contribution in [0.5, 0.6) is 5.75 Å². The van der Waals surface area contributed by atoms with Crippen molar-refractivity contribution < 1.29 is 9.53 Å².